The van der Waals surface area contributed by atoms with E-state index in [-0.39, 0.29) is 16.3 Å². The molecule has 0 bridgehead atoms. The monoisotopic (exact) mass is 480 g/mol. The zero-order chi connectivity index (χ0) is 23.5. The largest absolute Gasteiger partial charge is 0.376 e. The van der Waals surface area contributed by atoms with Crippen molar-refractivity contribution in [3.8, 4) is 0 Å². The Bertz CT molecular complexity index is 1200. The number of anilines is 2. The van der Waals surface area contributed by atoms with Gasteiger partial charge < -0.3 is 10.6 Å². The van der Waals surface area contributed by atoms with Crippen LogP contribution in [0.5, 0.6) is 0 Å². The van der Waals surface area contributed by atoms with E-state index in [0.717, 1.165) is 17.1 Å². The van der Waals surface area contributed by atoms with Gasteiger partial charge >= 0.3 is 0 Å². The molecule has 32 heavy (non-hydrogen) atoms. The van der Waals surface area contributed by atoms with Gasteiger partial charge in [0, 0.05) is 38.6 Å². The fraction of sp³-hybridized carbons (Fsp3) is 0.381. The van der Waals surface area contributed by atoms with E-state index in [9.17, 15) is 21.6 Å². The van der Waals surface area contributed by atoms with E-state index in [1.807, 2.05) is 0 Å². The van der Waals surface area contributed by atoms with Crippen molar-refractivity contribution >= 4 is 37.3 Å². The molecular weight excluding hydrogens is 452 g/mol. The Labute approximate surface area is 189 Å². The van der Waals surface area contributed by atoms with Crippen LogP contribution in [0.3, 0.4) is 0 Å². The van der Waals surface area contributed by atoms with Gasteiger partial charge in [0.1, 0.15) is 0 Å². The molecule has 2 N–H and O–H groups in total. The minimum atomic E-state index is -3.64. The van der Waals surface area contributed by atoms with Gasteiger partial charge in [-0.1, -0.05) is 12.1 Å². The first-order valence-electron chi connectivity index (χ1n) is 10.2. The lowest BCUT2D eigenvalue weighted by Gasteiger charge is -2.16. The zero-order valence-corrected chi connectivity index (χ0v) is 20.0. The molecule has 2 aromatic rings. The molecule has 1 fully saturated rings. The molecular formula is C21H28N4O5S2. The molecule has 0 aliphatic carbocycles. The molecule has 0 spiro atoms. The summed E-state index contributed by atoms with van der Waals surface area (Å²) >= 11 is 0. The summed E-state index contributed by atoms with van der Waals surface area (Å²) in [7, 11) is -4.29. The molecule has 0 saturated carbocycles. The summed E-state index contributed by atoms with van der Waals surface area (Å²) in [5.41, 5.74) is 1.43. The third kappa shape index (κ3) is 5.29. The number of hydrogen-bond acceptors (Lipinski definition) is 6. The summed E-state index contributed by atoms with van der Waals surface area (Å²) in [5.74, 6) is -0.394. The molecule has 0 aromatic heterocycles. The van der Waals surface area contributed by atoms with Crippen LogP contribution in [0.1, 0.15) is 18.4 Å². The predicted octanol–water partition coefficient (Wildman–Crippen LogP) is 2.08. The topological polar surface area (TPSA) is 116 Å². The molecule has 2 aromatic carbocycles. The summed E-state index contributed by atoms with van der Waals surface area (Å²) in [6, 6.07) is 11.0. The van der Waals surface area contributed by atoms with Crippen LogP contribution < -0.4 is 10.6 Å². The van der Waals surface area contributed by atoms with E-state index in [2.05, 4.69) is 10.6 Å². The summed E-state index contributed by atoms with van der Waals surface area (Å²) in [6.45, 7) is 2.61. The van der Waals surface area contributed by atoms with Crippen molar-refractivity contribution in [3.63, 3.8) is 0 Å². The van der Waals surface area contributed by atoms with Crippen molar-refractivity contribution < 1.29 is 21.6 Å². The van der Waals surface area contributed by atoms with Crippen molar-refractivity contribution in [1.29, 1.82) is 0 Å². The second kappa shape index (κ2) is 9.57. The van der Waals surface area contributed by atoms with Crippen LogP contribution in [0.15, 0.2) is 52.3 Å². The molecule has 1 aliphatic rings. The Kier molecular flexibility index (Phi) is 7.23. The Balaban J connectivity index is 1.67. The van der Waals surface area contributed by atoms with Crippen LogP contribution in [0.2, 0.25) is 0 Å². The summed E-state index contributed by atoms with van der Waals surface area (Å²) < 4.78 is 52.9. The van der Waals surface area contributed by atoms with Crippen LogP contribution in [0.25, 0.3) is 0 Å². The first-order valence-corrected chi connectivity index (χ1v) is 13.1. The lowest BCUT2D eigenvalue weighted by molar-refractivity contribution is -0.114. The Morgan fingerprint density at radius 3 is 2.34 bits per heavy atom. The highest BCUT2D eigenvalue weighted by Crippen LogP contribution is 2.24. The minimum Gasteiger partial charge on any atom is -0.376 e. The Morgan fingerprint density at radius 2 is 1.69 bits per heavy atom. The van der Waals surface area contributed by atoms with Crippen molar-refractivity contribution in [2.24, 2.45) is 0 Å². The number of nitrogens with zero attached hydrogens (tertiary/aromatic N) is 2. The van der Waals surface area contributed by atoms with Crippen LogP contribution in [-0.2, 0) is 24.8 Å². The first-order chi connectivity index (χ1) is 15.0. The molecule has 0 radical (unpaired) electrons. The maximum Gasteiger partial charge on any atom is 0.243 e. The van der Waals surface area contributed by atoms with E-state index in [1.54, 1.807) is 31.2 Å². The third-order valence-electron chi connectivity index (χ3n) is 5.22. The molecule has 9 nitrogen and oxygen atoms in total. The highest BCUT2D eigenvalue weighted by molar-refractivity contribution is 7.89. The zero-order valence-electron chi connectivity index (χ0n) is 18.3. The van der Waals surface area contributed by atoms with E-state index in [1.165, 1.54) is 36.6 Å². The fourth-order valence-electron chi connectivity index (χ4n) is 3.38. The second-order valence-electron chi connectivity index (χ2n) is 7.81. The van der Waals surface area contributed by atoms with Gasteiger partial charge in [-0.3, -0.25) is 4.79 Å². The highest BCUT2D eigenvalue weighted by Gasteiger charge is 2.27. The average molecular weight is 481 g/mol. The lowest BCUT2D eigenvalue weighted by atomic mass is 10.2. The van der Waals surface area contributed by atoms with E-state index in [0.29, 0.717) is 30.0 Å². The van der Waals surface area contributed by atoms with Crippen LogP contribution in [0.4, 0.5) is 11.4 Å². The molecule has 1 heterocycles. The van der Waals surface area contributed by atoms with E-state index in [4.69, 9.17) is 0 Å². The average Bonchev–Trinajstić information content (AvgIpc) is 3.29. The van der Waals surface area contributed by atoms with Crippen LogP contribution >= 0.6 is 0 Å². The number of sulfonamides is 2. The predicted molar refractivity (Wildman–Crippen MR) is 124 cm³/mol. The van der Waals surface area contributed by atoms with Crippen molar-refractivity contribution in [1.82, 2.24) is 8.61 Å². The first kappa shape index (κ1) is 24.2. The highest BCUT2D eigenvalue weighted by atomic mass is 32.2. The van der Waals surface area contributed by atoms with Crippen molar-refractivity contribution in [2.45, 2.75) is 29.6 Å². The molecule has 11 heteroatoms. The van der Waals surface area contributed by atoms with Crippen LogP contribution in [-0.4, -0.2) is 65.1 Å². The van der Waals surface area contributed by atoms with Gasteiger partial charge in [-0.05, 0) is 55.7 Å². The standard InChI is InChI=1S/C21H28N4O5S2/c1-16-9-10-18(14-20(16)32(29,30)24(2)3)23-21(26)15-22-17-7-6-8-19(13-17)31(27,28)25-11-4-5-12-25/h6-10,13-14,22H,4-5,11-12,15H2,1-3H3,(H,23,26). The Hall–Kier alpha value is -2.47. The summed E-state index contributed by atoms with van der Waals surface area (Å²) in [4.78, 5) is 12.7. The fourth-order valence-corrected chi connectivity index (χ4v) is 6.09. The van der Waals surface area contributed by atoms with Gasteiger partial charge in [0.25, 0.3) is 0 Å². The van der Waals surface area contributed by atoms with Crippen LogP contribution in [0, 0.1) is 6.92 Å². The number of carbonyl (C=O) groups excluding carboxylic acids is 1. The number of amides is 1. The normalized spacial score (nSPS) is 15.1. The number of hydrogen-bond donors (Lipinski definition) is 2. The smallest absolute Gasteiger partial charge is 0.243 e. The number of rotatable bonds is 8. The third-order valence-corrected chi connectivity index (χ3v) is 9.07. The van der Waals surface area contributed by atoms with Gasteiger partial charge in [-0.25, -0.2) is 21.1 Å². The van der Waals surface area contributed by atoms with Gasteiger partial charge in [-0.2, -0.15) is 4.31 Å². The minimum absolute atomic E-state index is 0.114. The lowest BCUT2D eigenvalue weighted by Crippen LogP contribution is -2.28. The van der Waals surface area contributed by atoms with Crippen molar-refractivity contribution in [3.05, 3.63) is 48.0 Å². The van der Waals surface area contributed by atoms with Gasteiger partial charge in [0.2, 0.25) is 26.0 Å². The quantitative estimate of drug-likeness (QED) is 0.598. The molecule has 1 aliphatic heterocycles. The second-order valence-corrected chi connectivity index (χ2v) is 11.9. The Morgan fingerprint density at radius 1 is 1.00 bits per heavy atom. The molecule has 0 unspecified atom stereocenters. The molecule has 0 atom stereocenters. The van der Waals surface area contributed by atoms with E-state index >= 15 is 0 Å². The maximum atomic E-state index is 12.7. The number of benzene rings is 2. The van der Waals surface area contributed by atoms with Gasteiger partial charge in [0.15, 0.2) is 0 Å². The molecule has 174 valence electrons. The SMILES string of the molecule is Cc1ccc(NC(=O)CNc2cccc(S(=O)(=O)N3CCCC3)c2)cc1S(=O)(=O)N(C)C. The number of aryl methyl sites for hydroxylation is 1. The maximum absolute atomic E-state index is 12.7. The summed E-state index contributed by atoms with van der Waals surface area (Å²) in [6.07, 6.45) is 1.71. The number of nitrogens with one attached hydrogen (secondary N) is 2. The number of carbonyl (C=O) groups is 1. The molecule has 3 rings (SSSR count). The van der Waals surface area contributed by atoms with Gasteiger partial charge in [-0.15, -0.1) is 0 Å². The van der Waals surface area contributed by atoms with Crippen molar-refractivity contribution in [2.75, 3.05) is 44.4 Å². The summed E-state index contributed by atoms with van der Waals surface area (Å²) in [5, 5.41) is 5.59. The van der Waals surface area contributed by atoms with Gasteiger partial charge in [0.05, 0.1) is 16.3 Å². The molecule has 1 saturated heterocycles. The molecule has 1 amide bonds. The van der Waals surface area contributed by atoms with E-state index < -0.39 is 26.0 Å².